The molecule has 0 bridgehead atoms. The lowest BCUT2D eigenvalue weighted by Gasteiger charge is -2.24. The van der Waals surface area contributed by atoms with Crippen LogP contribution >= 0.6 is 22.9 Å². The summed E-state index contributed by atoms with van der Waals surface area (Å²) in [6, 6.07) is 21.7. The predicted octanol–water partition coefficient (Wildman–Crippen LogP) is 5.43. The van der Waals surface area contributed by atoms with Crippen molar-refractivity contribution in [2.75, 3.05) is 13.2 Å². The largest absolute Gasteiger partial charge is 0.494 e. The fraction of sp³-hybridized carbons (Fsp3) is 0.219. The maximum atomic E-state index is 14.0. The zero-order valence-corrected chi connectivity index (χ0v) is 24.5. The van der Waals surface area contributed by atoms with E-state index in [-0.39, 0.29) is 18.8 Å². The molecule has 1 aliphatic heterocycles. The highest BCUT2D eigenvalue weighted by Gasteiger charge is 2.33. The highest BCUT2D eigenvalue weighted by molar-refractivity contribution is 7.07. The smallest absolute Gasteiger partial charge is 0.338 e. The monoisotopic (exact) mass is 588 g/mol. The summed E-state index contributed by atoms with van der Waals surface area (Å²) >= 11 is 7.57. The molecule has 0 N–H and O–H groups in total. The first-order valence-corrected chi connectivity index (χ1v) is 14.5. The van der Waals surface area contributed by atoms with Crippen LogP contribution in [0.5, 0.6) is 11.5 Å². The molecule has 1 aliphatic rings. The summed E-state index contributed by atoms with van der Waals surface area (Å²) in [6.45, 7) is 6.46. The van der Waals surface area contributed by atoms with Gasteiger partial charge in [-0.3, -0.25) is 9.36 Å². The van der Waals surface area contributed by atoms with Gasteiger partial charge in [-0.1, -0.05) is 71.5 Å². The van der Waals surface area contributed by atoms with Crippen LogP contribution in [0.3, 0.4) is 0 Å². The second-order valence-corrected chi connectivity index (χ2v) is 10.6. The fourth-order valence-electron chi connectivity index (χ4n) is 4.66. The van der Waals surface area contributed by atoms with Crippen LogP contribution in [-0.4, -0.2) is 23.8 Å². The van der Waals surface area contributed by atoms with Crippen LogP contribution in [0.1, 0.15) is 43.5 Å². The number of hydrogen-bond donors (Lipinski definition) is 0. The Morgan fingerprint density at radius 1 is 1.00 bits per heavy atom. The molecule has 0 fully saturated rings. The van der Waals surface area contributed by atoms with Gasteiger partial charge in [0.1, 0.15) is 18.1 Å². The molecule has 0 unspecified atom stereocenters. The molecule has 1 aromatic heterocycles. The molecule has 0 spiro atoms. The molecule has 0 aliphatic carbocycles. The molecule has 4 aromatic rings. The van der Waals surface area contributed by atoms with Gasteiger partial charge >= 0.3 is 5.97 Å². The number of halogens is 1. The van der Waals surface area contributed by atoms with Crippen LogP contribution in [0.4, 0.5) is 0 Å². The second-order valence-electron chi connectivity index (χ2n) is 9.22. The van der Waals surface area contributed by atoms with E-state index in [0.29, 0.717) is 43.7 Å². The van der Waals surface area contributed by atoms with Gasteiger partial charge in [-0.05, 0) is 56.7 Å². The van der Waals surface area contributed by atoms with E-state index in [2.05, 4.69) is 4.99 Å². The molecule has 0 saturated heterocycles. The number of nitrogens with zero attached hydrogens (tertiary/aromatic N) is 2. The maximum absolute atomic E-state index is 14.0. The van der Waals surface area contributed by atoms with Gasteiger partial charge in [0.05, 0.1) is 35.1 Å². The number of aromatic nitrogens is 1. The Labute approximate surface area is 246 Å². The van der Waals surface area contributed by atoms with Crippen LogP contribution in [0, 0.1) is 0 Å². The third-order valence-corrected chi connectivity index (χ3v) is 7.92. The topological polar surface area (TPSA) is 79.1 Å². The first kappa shape index (κ1) is 28.4. The molecule has 41 heavy (non-hydrogen) atoms. The summed E-state index contributed by atoms with van der Waals surface area (Å²) in [4.78, 5) is 32.2. The standard InChI is InChI=1S/C32H29ClN2O5S/c1-4-38-24-16-14-21(15-17-24)29-28(31(37)39-5-2)20(3)34-32-35(29)30(36)27(41-32)18-22-10-7-9-13-26(22)40-19-23-11-6-8-12-25(23)33/h6-18,29H,4-5,19H2,1-3H3/b27-18-/t29-/m1/s1. The summed E-state index contributed by atoms with van der Waals surface area (Å²) in [6.07, 6.45) is 1.80. The average molecular weight is 589 g/mol. The minimum absolute atomic E-state index is 0.209. The third-order valence-electron chi connectivity index (χ3n) is 6.57. The summed E-state index contributed by atoms with van der Waals surface area (Å²) in [7, 11) is 0. The van der Waals surface area contributed by atoms with Crippen molar-refractivity contribution < 1.29 is 19.0 Å². The van der Waals surface area contributed by atoms with E-state index in [4.69, 9.17) is 25.8 Å². The Hall–Kier alpha value is -4.14. The van der Waals surface area contributed by atoms with Crippen molar-refractivity contribution in [1.29, 1.82) is 0 Å². The number of allylic oxidation sites excluding steroid dienone is 1. The Kier molecular flexibility index (Phi) is 8.71. The van der Waals surface area contributed by atoms with Crippen LogP contribution in [-0.2, 0) is 16.1 Å². The highest BCUT2D eigenvalue weighted by atomic mass is 35.5. The van der Waals surface area contributed by atoms with Crippen molar-refractivity contribution in [3.05, 3.63) is 125 Å². The summed E-state index contributed by atoms with van der Waals surface area (Å²) in [5.74, 6) is 0.820. The number of fused-ring (bicyclic) bond motifs is 1. The molecule has 210 valence electrons. The minimum Gasteiger partial charge on any atom is -0.494 e. The molecule has 0 amide bonds. The molecule has 5 rings (SSSR count). The molecule has 0 saturated carbocycles. The van der Waals surface area contributed by atoms with Crippen LogP contribution in [0.25, 0.3) is 6.08 Å². The number of esters is 1. The van der Waals surface area contributed by atoms with Crippen LogP contribution in [0.2, 0.25) is 5.02 Å². The summed E-state index contributed by atoms with van der Waals surface area (Å²) < 4.78 is 19.1. The van der Waals surface area contributed by atoms with Gasteiger partial charge in [0.15, 0.2) is 4.80 Å². The van der Waals surface area contributed by atoms with E-state index in [1.54, 1.807) is 24.5 Å². The van der Waals surface area contributed by atoms with E-state index < -0.39 is 12.0 Å². The van der Waals surface area contributed by atoms with Gasteiger partial charge in [0.25, 0.3) is 5.56 Å². The predicted molar refractivity (Wildman–Crippen MR) is 160 cm³/mol. The molecule has 2 heterocycles. The zero-order valence-electron chi connectivity index (χ0n) is 22.9. The molecule has 0 radical (unpaired) electrons. The summed E-state index contributed by atoms with van der Waals surface area (Å²) in [5, 5.41) is 0.625. The van der Waals surface area contributed by atoms with Crippen molar-refractivity contribution in [2.24, 2.45) is 4.99 Å². The van der Waals surface area contributed by atoms with Crippen molar-refractivity contribution in [2.45, 2.75) is 33.4 Å². The number of carbonyl (C=O) groups excluding carboxylic acids is 1. The zero-order chi connectivity index (χ0) is 28.9. The van der Waals surface area contributed by atoms with Gasteiger partial charge in [-0.15, -0.1) is 0 Å². The SMILES string of the molecule is CCOC(=O)C1=C(C)N=c2s/c(=C\c3ccccc3OCc3ccccc3Cl)c(=O)n2[C@@H]1c1ccc(OCC)cc1. The lowest BCUT2D eigenvalue weighted by Crippen LogP contribution is -2.39. The highest BCUT2D eigenvalue weighted by Crippen LogP contribution is 2.32. The lowest BCUT2D eigenvalue weighted by atomic mass is 9.96. The van der Waals surface area contributed by atoms with E-state index >= 15 is 0 Å². The first-order chi connectivity index (χ1) is 19.9. The van der Waals surface area contributed by atoms with Gasteiger partial charge in [-0.2, -0.15) is 0 Å². The quantitative estimate of drug-likeness (QED) is 0.244. The van der Waals surface area contributed by atoms with Crippen molar-refractivity contribution in [3.8, 4) is 11.5 Å². The van der Waals surface area contributed by atoms with Crippen LogP contribution < -0.4 is 24.4 Å². The first-order valence-electron chi connectivity index (χ1n) is 13.3. The fourth-order valence-corrected chi connectivity index (χ4v) is 5.89. The molecular weight excluding hydrogens is 560 g/mol. The Morgan fingerprint density at radius 3 is 2.46 bits per heavy atom. The van der Waals surface area contributed by atoms with E-state index in [1.807, 2.05) is 79.7 Å². The number of ether oxygens (including phenoxy) is 3. The van der Waals surface area contributed by atoms with Gasteiger partial charge in [0.2, 0.25) is 0 Å². The van der Waals surface area contributed by atoms with E-state index in [9.17, 15) is 9.59 Å². The molecule has 9 heteroatoms. The normalized spacial score (nSPS) is 14.8. The molecular formula is C32H29ClN2O5S. The Balaban J connectivity index is 1.59. The summed E-state index contributed by atoms with van der Waals surface area (Å²) in [5.41, 5.74) is 2.94. The number of thiazole rings is 1. The second kappa shape index (κ2) is 12.6. The van der Waals surface area contributed by atoms with Gasteiger partial charge in [0, 0.05) is 16.1 Å². The van der Waals surface area contributed by atoms with Crippen LogP contribution in [0.15, 0.2) is 93.9 Å². The number of hydrogen-bond acceptors (Lipinski definition) is 7. The number of para-hydroxylation sites is 1. The van der Waals surface area contributed by atoms with E-state index in [1.165, 1.54) is 11.3 Å². The number of benzene rings is 3. The third kappa shape index (κ3) is 5.99. The average Bonchev–Trinajstić information content (AvgIpc) is 3.27. The minimum atomic E-state index is -0.699. The Bertz CT molecular complexity index is 1790. The maximum Gasteiger partial charge on any atom is 0.338 e. The molecule has 1 atom stereocenters. The van der Waals surface area contributed by atoms with Gasteiger partial charge < -0.3 is 14.2 Å². The van der Waals surface area contributed by atoms with Gasteiger partial charge in [-0.25, -0.2) is 9.79 Å². The lowest BCUT2D eigenvalue weighted by molar-refractivity contribution is -0.139. The molecule has 7 nitrogen and oxygen atoms in total. The number of rotatable bonds is 9. The van der Waals surface area contributed by atoms with Crippen molar-refractivity contribution in [1.82, 2.24) is 4.57 Å². The number of carbonyl (C=O) groups is 1. The van der Waals surface area contributed by atoms with Crippen molar-refractivity contribution in [3.63, 3.8) is 0 Å². The Morgan fingerprint density at radius 2 is 1.73 bits per heavy atom. The van der Waals surface area contributed by atoms with Crippen molar-refractivity contribution >= 4 is 35.0 Å². The van der Waals surface area contributed by atoms with E-state index in [0.717, 1.165) is 16.7 Å². The molecule has 3 aromatic carbocycles.